The minimum absolute atomic E-state index is 0.482. The number of nitrogens with one attached hydrogen (secondary N) is 1. The Kier molecular flexibility index (Phi) is 5.51. The lowest BCUT2D eigenvalue weighted by Gasteiger charge is -2.21. The van der Waals surface area contributed by atoms with Crippen LogP contribution in [-0.4, -0.2) is 23.8 Å². The SMILES string of the molecule is CCC(C)(O)CCNCC(C)C. The maximum absolute atomic E-state index is 9.65. The Balaban J connectivity index is 3.31. The van der Waals surface area contributed by atoms with Crippen molar-refractivity contribution in [2.75, 3.05) is 13.1 Å². The fraction of sp³-hybridized carbons (Fsp3) is 1.00. The van der Waals surface area contributed by atoms with Crippen LogP contribution in [0.25, 0.3) is 0 Å². The normalized spacial score (nSPS) is 16.5. The van der Waals surface area contributed by atoms with Gasteiger partial charge < -0.3 is 10.4 Å². The van der Waals surface area contributed by atoms with Crippen LogP contribution in [0.4, 0.5) is 0 Å². The van der Waals surface area contributed by atoms with Crippen molar-refractivity contribution < 1.29 is 5.11 Å². The van der Waals surface area contributed by atoms with Gasteiger partial charge in [0.1, 0.15) is 0 Å². The first kappa shape index (κ1) is 11.9. The second-order valence-electron chi connectivity index (χ2n) is 4.20. The van der Waals surface area contributed by atoms with E-state index in [2.05, 4.69) is 19.2 Å². The molecule has 2 nitrogen and oxygen atoms in total. The molecule has 0 aromatic heterocycles. The molecule has 0 aliphatic heterocycles. The third-order valence-electron chi connectivity index (χ3n) is 2.15. The summed E-state index contributed by atoms with van der Waals surface area (Å²) >= 11 is 0. The van der Waals surface area contributed by atoms with Crippen LogP contribution in [0.5, 0.6) is 0 Å². The van der Waals surface area contributed by atoms with Crippen molar-refractivity contribution in [3.05, 3.63) is 0 Å². The van der Waals surface area contributed by atoms with Crippen LogP contribution in [0, 0.1) is 5.92 Å². The predicted molar refractivity (Wildman–Crippen MR) is 53.2 cm³/mol. The molecular weight excluding hydrogens is 150 g/mol. The van der Waals surface area contributed by atoms with Gasteiger partial charge in [-0.2, -0.15) is 0 Å². The first-order valence-electron chi connectivity index (χ1n) is 4.91. The van der Waals surface area contributed by atoms with Crippen molar-refractivity contribution in [1.82, 2.24) is 5.32 Å². The summed E-state index contributed by atoms with van der Waals surface area (Å²) in [6.45, 7) is 10.2. The van der Waals surface area contributed by atoms with E-state index in [0.29, 0.717) is 5.92 Å². The third kappa shape index (κ3) is 6.62. The second-order valence-corrected chi connectivity index (χ2v) is 4.20. The van der Waals surface area contributed by atoms with Crippen molar-refractivity contribution in [3.8, 4) is 0 Å². The minimum atomic E-state index is -0.482. The van der Waals surface area contributed by atoms with E-state index in [4.69, 9.17) is 0 Å². The summed E-state index contributed by atoms with van der Waals surface area (Å²) in [5.41, 5.74) is -0.482. The third-order valence-corrected chi connectivity index (χ3v) is 2.15. The zero-order valence-corrected chi connectivity index (χ0v) is 8.85. The summed E-state index contributed by atoms with van der Waals surface area (Å²) in [4.78, 5) is 0. The van der Waals surface area contributed by atoms with Crippen LogP contribution in [-0.2, 0) is 0 Å². The molecule has 0 fully saturated rings. The highest BCUT2D eigenvalue weighted by Crippen LogP contribution is 2.11. The summed E-state index contributed by atoms with van der Waals surface area (Å²) in [5, 5.41) is 13.0. The molecule has 0 rings (SSSR count). The maximum Gasteiger partial charge on any atom is 0.0629 e. The molecule has 0 aromatic rings. The number of hydrogen-bond acceptors (Lipinski definition) is 2. The lowest BCUT2D eigenvalue weighted by atomic mass is 9.99. The topological polar surface area (TPSA) is 32.3 Å². The Bertz CT molecular complexity index is 110. The summed E-state index contributed by atoms with van der Waals surface area (Å²) in [5.74, 6) is 0.691. The number of aliphatic hydroxyl groups is 1. The smallest absolute Gasteiger partial charge is 0.0629 e. The molecule has 74 valence electrons. The van der Waals surface area contributed by atoms with Gasteiger partial charge in [0.05, 0.1) is 5.60 Å². The average molecular weight is 173 g/mol. The van der Waals surface area contributed by atoms with Crippen LogP contribution >= 0.6 is 0 Å². The van der Waals surface area contributed by atoms with Crippen molar-refractivity contribution in [2.45, 2.75) is 46.1 Å². The average Bonchev–Trinajstić information content (AvgIpc) is 1.98. The molecule has 1 unspecified atom stereocenters. The monoisotopic (exact) mass is 173 g/mol. The summed E-state index contributed by atoms with van der Waals surface area (Å²) in [7, 11) is 0. The summed E-state index contributed by atoms with van der Waals surface area (Å²) in [6, 6.07) is 0. The highest BCUT2D eigenvalue weighted by Gasteiger charge is 2.15. The zero-order chi connectivity index (χ0) is 9.61. The van der Waals surface area contributed by atoms with Crippen LogP contribution < -0.4 is 5.32 Å². The van der Waals surface area contributed by atoms with Gasteiger partial charge >= 0.3 is 0 Å². The van der Waals surface area contributed by atoms with E-state index in [-0.39, 0.29) is 0 Å². The Morgan fingerprint density at radius 2 is 2.00 bits per heavy atom. The second kappa shape index (κ2) is 5.55. The molecule has 0 aliphatic carbocycles. The first-order chi connectivity index (χ1) is 5.48. The Morgan fingerprint density at radius 1 is 1.42 bits per heavy atom. The van der Waals surface area contributed by atoms with Crippen LogP contribution in [0.15, 0.2) is 0 Å². The molecule has 1 atom stereocenters. The molecule has 0 radical (unpaired) electrons. The summed E-state index contributed by atoms with van der Waals surface area (Å²) < 4.78 is 0. The first-order valence-corrected chi connectivity index (χ1v) is 4.91. The highest BCUT2D eigenvalue weighted by atomic mass is 16.3. The van der Waals surface area contributed by atoms with Crippen LogP contribution in [0.3, 0.4) is 0 Å². The Hall–Kier alpha value is -0.0800. The molecule has 0 amide bonds. The van der Waals surface area contributed by atoms with Crippen molar-refractivity contribution in [3.63, 3.8) is 0 Å². The largest absolute Gasteiger partial charge is 0.390 e. The minimum Gasteiger partial charge on any atom is -0.390 e. The molecule has 0 saturated heterocycles. The van der Waals surface area contributed by atoms with Crippen molar-refractivity contribution in [1.29, 1.82) is 0 Å². The molecular formula is C10H23NO. The van der Waals surface area contributed by atoms with Gasteiger partial charge in [-0.25, -0.2) is 0 Å². The van der Waals surface area contributed by atoms with Crippen LogP contribution in [0.1, 0.15) is 40.5 Å². The van der Waals surface area contributed by atoms with Gasteiger partial charge in [0, 0.05) is 0 Å². The van der Waals surface area contributed by atoms with Gasteiger partial charge in [-0.3, -0.25) is 0 Å². The van der Waals surface area contributed by atoms with Crippen molar-refractivity contribution >= 4 is 0 Å². The molecule has 0 saturated carbocycles. The van der Waals surface area contributed by atoms with E-state index in [9.17, 15) is 5.11 Å². The molecule has 0 bridgehead atoms. The molecule has 0 heterocycles. The quantitative estimate of drug-likeness (QED) is 0.600. The van der Waals surface area contributed by atoms with E-state index in [1.54, 1.807) is 0 Å². The van der Waals surface area contributed by atoms with Crippen molar-refractivity contribution in [2.24, 2.45) is 5.92 Å². The maximum atomic E-state index is 9.65. The van der Waals surface area contributed by atoms with Gasteiger partial charge in [0.25, 0.3) is 0 Å². The van der Waals surface area contributed by atoms with E-state index < -0.39 is 5.60 Å². The van der Waals surface area contributed by atoms with Gasteiger partial charge in [0.15, 0.2) is 0 Å². The molecule has 2 heteroatoms. The lowest BCUT2D eigenvalue weighted by Crippen LogP contribution is -2.30. The van der Waals surface area contributed by atoms with E-state index >= 15 is 0 Å². The van der Waals surface area contributed by atoms with E-state index in [1.165, 1.54) is 0 Å². The number of rotatable bonds is 6. The fourth-order valence-corrected chi connectivity index (χ4v) is 0.925. The van der Waals surface area contributed by atoms with Gasteiger partial charge in [-0.15, -0.1) is 0 Å². The van der Waals surface area contributed by atoms with Crippen LogP contribution in [0.2, 0.25) is 0 Å². The molecule has 2 N–H and O–H groups in total. The highest BCUT2D eigenvalue weighted by molar-refractivity contribution is 4.71. The molecule has 0 spiro atoms. The summed E-state index contributed by atoms with van der Waals surface area (Å²) in [6.07, 6.45) is 1.67. The molecule has 0 aliphatic rings. The standard InChI is InChI=1S/C10H23NO/c1-5-10(4,12)6-7-11-8-9(2)3/h9,11-12H,5-8H2,1-4H3. The predicted octanol–water partition coefficient (Wildman–Crippen LogP) is 1.78. The van der Waals surface area contributed by atoms with Gasteiger partial charge in [0.2, 0.25) is 0 Å². The fourth-order valence-electron chi connectivity index (χ4n) is 0.925. The number of hydrogen-bond donors (Lipinski definition) is 2. The molecule has 0 aromatic carbocycles. The molecule has 12 heavy (non-hydrogen) atoms. The van der Waals surface area contributed by atoms with E-state index in [1.807, 2.05) is 13.8 Å². The van der Waals surface area contributed by atoms with Gasteiger partial charge in [-0.05, 0) is 38.8 Å². The van der Waals surface area contributed by atoms with E-state index in [0.717, 1.165) is 25.9 Å². The zero-order valence-electron chi connectivity index (χ0n) is 8.85. The lowest BCUT2D eigenvalue weighted by molar-refractivity contribution is 0.0471. The Morgan fingerprint density at radius 3 is 2.42 bits per heavy atom. The Labute approximate surface area is 76.4 Å². The van der Waals surface area contributed by atoms with Gasteiger partial charge in [-0.1, -0.05) is 20.8 Å².